The largest absolute Gasteiger partial charge is 0.354 e. The summed E-state index contributed by atoms with van der Waals surface area (Å²) in [6.07, 6.45) is 2.30. The van der Waals surface area contributed by atoms with Crippen molar-refractivity contribution in [1.29, 1.82) is 0 Å². The maximum atomic E-state index is 12.2. The second-order valence-electron chi connectivity index (χ2n) is 4.45. The molecule has 0 aromatic rings. The molecule has 0 saturated carbocycles. The van der Waals surface area contributed by atoms with Crippen LogP contribution >= 0.6 is 0 Å². The molecule has 0 unspecified atom stereocenters. The number of nitrogens with one attached hydrogen (secondary N) is 2. The fourth-order valence-electron chi connectivity index (χ4n) is 2.31. The molecule has 2 fully saturated rings. The van der Waals surface area contributed by atoms with Crippen LogP contribution in [-0.4, -0.2) is 49.4 Å². The van der Waals surface area contributed by atoms with E-state index in [4.69, 9.17) is 0 Å². The molecule has 0 atom stereocenters. The van der Waals surface area contributed by atoms with Crippen LogP contribution in [0.15, 0.2) is 0 Å². The van der Waals surface area contributed by atoms with E-state index in [1.807, 2.05) is 4.90 Å². The molecule has 2 aliphatic rings. The quantitative estimate of drug-likeness (QED) is 0.622. The van der Waals surface area contributed by atoms with E-state index in [-0.39, 0.29) is 17.7 Å². The highest BCUT2D eigenvalue weighted by Crippen LogP contribution is 2.15. The smallest absolute Gasteiger partial charge is 0.225 e. The Morgan fingerprint density at radius 2 is 1.94 bits per heavy atom. The minimum Gasteiger partial charge on any atom is -0.354 e. The van der Waals surface area contributed by atoms with Crippen molar-refractivity contribution in [3.63, 3.8) is 0 Å². The third kappa shape index (κ3) is 2.72. The second-order valence-corrected chi connectivity index (χ2v) is 4.45. The molecule has 0 aromatic carbocycles. The first kappa shape index (κ1) is 11.4. The number of nitrogens with zero attached hydrogens (tertiary/aromatic N) is 1. The highest BCUT2D eigenvalue weighted by Gasteiger charge is 2.26. The first-order valence-corrected chi connectivity index (χ1v) is 6.03. The van der Waals surface area contributed by atoms with Gasteiger partial charge in [-0.05, 0) is 25.9 Å². The molecular formula is C11H19N3O2. The van der Waals surface area contributed by atoms with Crippen molar-refractivity contribution in [3.05, 3.63) is 0 Å². The van der Waals surface area contributed by atoms with Crippen LogP contribution in [-0.2, 0) is 9.59 Å². The Labute approximate surface area is 95.6 Å². The molecule has 2 amide bonds. The van der Waals surface area contributed by atoms with Gasteiger partial charge in [0.25, 0.3) is 0 Å². The lowest BCUT2D eigenvalue weighted by molar-refractivity contribution is -0.136. The van der Waals surface area contributed by atoms with Crippen molar-refractivity contribution in [1.82, 2.24) is 15.5 Å². The summed E-state index contributed by atoms with van der Waals surface area (Å²) in [6, 6.07) is 0. The molecule has 0 radical (unpaired) electrons. The summed E-state index contributed by atoms with van der Waals surface area (Å²) in [5.74, 6) is 0.452. The zero-order valence-corrected chi connectivity index (χ0v) is 9.50. The zero-order valence-electron chi connectivity index (χ0n) is 9.50. The molecular weight excluding hydrogens is 206 g/mol. The monoisotopic (exact) mass is 225 g/mol. The third-order valence-electron chi connectivity index (χ3n) is 3.31. The van der Waals surface area contributed by atoms with Gasteiger partial charge in [-0.15, -0.1) is 0 Å². The van der Waals surface area contributed by atoms with Crippen LogP contribution in [0.25, 0.3) is 0 Å². The summed E-state index contributed by atoms with van der Waals surface area (Å²) in [7, 11) is 0. The average Bonchev–Trinajstić information content (AvgIpc) is 2.54. The van der Waals surface area contributed by atoms with Gasteiger partial charge in [-0.3, -0.25) is 9.59 Å². The third-order valence-corrected chi connectivity index (χ3v) is 3.31. The normalized spacial score (nSPS) is 23.8. The number of carbonyl (C=O) groups excluding carboxylic acids is 2. The van der Waals surface area contributed by atoms with Crippen molar-refractivity contribution in [3.8, 4) is 0 Å². The summed E-state index contributed by atoms with van der Waals surface area (Å²) >= 11 is 0. The molecule has 2 N–H and O–H groups in total. The van der Waals surface area contributed by atoms with Crippen LogP contribution in [0, 0.1) is 5.92 Å². The van der Waals surface area contributed by atoms with Crippen molar-refractivity contribution >= 4 is 11.8 Å². The van der Waals surface area contributed by atoms with Crippen LogP contribution in [0.5, 0.6) is 0 Å². The van der Waals surface area contributed by atoms with Gasteiger partial charge in [0.05, 0.1) is 0 Å². The van der Waals surface area contributed by atoms with E-state index in [9.17, 15) is 9.59 Å². The fourth-order valence-corrected chi connectivity index (χ4v) is 2.31. The Hall–Kier alpha value is -1.10. The Morgan fingerprint density at radius 1 is 1.19 bits per heavy atom. The zero-order chi connectivity index (χ0) is 11.4. The predicted molar refractivity (Wildman–Crippen MR) is 59.8 cm³/mol. The van der Waals surface area contributed by atoms with Gasteiger partial charge in [0.15, 0.2) is 0 Å². The number of rotatable bonds is 1. The van der Waals surface area contributed by atoms with Crippen molar-refractivity contribution in [2.45, 2.75) is 19.3 Å². The van der Waals surface area contributed by atoms with E-state index >= 15 is 0 Å². The summed E-state index contributed by atoms with van der Waals surface area (Å²) in [4.78, 5) is 25.2. The summed E-state index contributed by atoms with van der Waals surface area (Å²) < 4.78 is 0. The first-order valence-electron chi connectivity index (χ1n) is 6.03. The number of hydrogen-bond donors (Lipinski definition) is 2. The standard InChI is InChI=1S/C11H19N3O2/c15-10-3-7-14(8-6-13-10)11(16)9-1-4-12-5-2-9/h9,12H,1-8H2,(H,13,15). The molecule has 2 saturated heterocycles. The topological polar surface area (TPSA) is 61.4 Å². The molecule has 90 valence electrons. The van der Waals surface area contributed by atoms with E-state index in [0.717, 1.165) is 25.9 Å². The molecule has 0 aliphatic carbocycles. The molecule has 0 bridgehead atoms. The lowest BCUT2D eigenvalue weighted by atomic mass is 9.96. The van der Waals surface area contributed by atoms with E-state index < -0.39 is 0 Å². The summed E-state index contributed by atoms with van der Waals surface area (Å²) in [6.45, 7) is 3.70. The number of carbonyl (C=O) groups is 2. The van der Waals surface area contributed by atoms with Crippen LogP contribution in [0.3, 0.4) is 0 Å². The van der Waals surface area contributed by atoms with Gasteiger partial charge in [-0.25, -0.2) is 0 Å². The van der Waals surface area contributed by atoms with Gasteiger partial charge < -0.3 is 15.5 Å². The Kier molecular flexibility index (Phi) is 3.77. The molecule has 5 heteroatoms. The molecule has 5 nitrogen and oxygen atoms in total. The second kappa shape index (κ2) is 5.30. The lowest BCUT2D eigenvalue weighted by Gasteiger charge is -2.28. The number of amides is 2. The van der Waals surface area contributed by atoms with Crippen molar-refractivity contribution in [2.75, 3.05) is 32.7 Å². The minimum absolute atomic E-state index is 0.0561. The van der Waals surface area contributed by atoms with Crippen LogP contribution < -0.4 is 10.6 Å². The fraction of sp³-hybridized carbons (Fsp3) is 0.818. The van der Waals surface area contributed by atoms with Gasteiger partial charge >= 0.3 is 0 Å². The van der Waals surface area contributed by atoms with E-state index in [0.29, 0.717) is 26.1 Å². The molecule has 0 spiro atoms. The Balaban J connectivity index is 1.89. The maximum Gasteiger partial charge on any atom is 0.225 e. The highest BCUT2D eigenvalue weighted by atomic mass is 16.2. The Bertz CT molecular complexity index is 274. The van der Waals surface area contributed by atoms with Gasteiger partial charge in [0.1, 0.15) is 0 Å². The van der Waals surface area contributed by atoms with Crippen LogP contribution in [0.4, 0.5) is 0 Å². The highest BCUT2D eigenvalue weighted by molar-refractivity contribution is 5.81. The SMILES string of the molecule is O=C1CCN(C(=O)C2CCNCC2)CCN1. The lowest BCUT2D eigenvalue weighted by Crippen LogP contribution is -2.42. The maximum absolute atomic E-state index is 12.2. The molecule has 0 aromatic heterocycles. The molecule has 16 heavy (non-hydrogen) atoms. The number of hydrogen-bond acceptors (Lipinski definition) is 3. The van der Waals surface area contributed by atoms with Crippen molar-refractivity contribution in [2.24, 2.45) is 5.92 Å². The van der Waals surface area contributed by atoms with Gasteiger partial charge in [0.2, 0.25) is 11.8 Å². The first-order chi connectivity index (χ1) is 7.77. The van der Waals surface area contributed by atoms with Crippen LogP contribution in [0.2, 0.25) is 0 Å². The van der Waals surface area contributed by atoms with Gasteiger partial charge in [0, 0.05) is 32.0 Å². The van der Waals surface area contributed by atoms with Gasteiger partial charge in [-0.2, -0.15) is 0 Å². The van der Waals surface area contributed by atoms with E-state index in [1.54, 1.807) is 0 Å². The molecule has 2 heterocycles. The van der Waals surface area contributed by atoms with E-state index in [1.165, 1.54) is 0 Å². The van der Waals surface area contributed by atoms with Crippen molar-refractivity contribution < 1.29 is 9.59 Å². The molecule has 2 rings (SSSR count). The van der Waals surface area contributed by atoms with E-state index in [2.05, 4.69) is 10.6 Å². The minimum atomic E-state index is 0.0561. The average molecular weight is 225 g/mol. The number of piperidine rings is 1. The predicted octanol–water partition coefficient (Wildman–Crippen LogP) is -0.665. The van der Waals surface area contributed by atoms with Crippen LogP contribution in [0.1, 0.15) is 19.3 Å². The Morgan fingerprint density at radius 3 is 2.69 bits per heavy atom. The summed E-state index contributed by atoms with van der Waals surface area (Å²) in [5.41, 5.74) is 0. The molecule has 2 aliphatic heterocycles. The van der Waals surface area contributed by atoms with Gasteiger partial charge in [-0.1, -0.05) is 0 Å². The summed E-state index contributed by atoms with van der Waals surface area (Å²) in [5, 5.41) is 6.04.